The second-order valence-electron chi connectivity index (χ2n) is 7.05. The Kier molecular flexibility index (Phi) is 3.90. The van der Waals surface area contributed by atoms with E-state index in [0.29, 0.717) is 0 Å². The second-order valence-corrected chi connectivity index (χ2v) is 7.05. The Morgan fingerprint density at radius 2 is 2.04 bits per heavy atom. The quantitative estimate of drug-likeness (QED) is 0.342. The summed E-state index contributed by atoms with van der Waals surface area (Å²) in [5.41, 5.74) is 12.4. The highest BCUT2D eigenvalue weighted by molar-refractivity contribution is 6.00. The molecule has 0 saturated heterocycles. The molecule has 0 bridgehead atoms. The average Bonchev–Trinajstić information content (AvgIpc) is 3.29. The summed E-state index contributed by atoms with van der Waals surface area (Å²) in [5, 5.41) is 22.4. The normalized spacial score (nSPS) is 22.2. The summed E-state index contributed by atoms with van der Waals surface area (Å²) in [4.78, 5) is 0. The van der Waals surface area contributed by atoms with Crippen LogP contribution in [0, 0.1) is 0 Å². The monoisotopic (exact) mass is 353 g/mol. The topological polar surface area (TPSA) is 93.0 Å². The van der Waals surface area contributed by atoms with Crippen LogP contribution in [-0.4, -0.2) is 26.8 Å². The molecule has 4 rings (SSSR count). The largest absolute Gasteiger partial charge is 0.508 e. The van der Waals surface area contributed by atoms with Crippen LogP contribution >= 0.6 is 0 Å². The first kappa shape index (κ1) is 16.6. The number of aromatic nitrogens is 1. The molecule has 0 fully saturated rings. The van der Waals surface area contributed by atoms with Gasteiger partial charge in [-0.2, -0.15) is 0 Å². The Balaban J connectivity index is 2.04. The van der Waals surface area contributed by atoms with Gasteiger partial charge in [0.05, 0.1) is 12.0 Å². The van der Waals surface area contributed by atoms with Crippen molar-refractivity contribution in [3.8, 4) is 16.9 Å². The Bertz CT molecular complexity index is 909. The fourth-order valence-electron chi connectivity index (χ4n) is 4.38. The van der Waals surface area contributed by atoms with Crippen molar-refractivity contribution >= 4 is 5.84 Å². The van der Waals surface area contributed by atoms with Gasteiger partial charge in [-0.3, -0.25) is 0 Å². The SMILES string of the molecule is CC1=COC(C)C1c1c(-c2ccc(O)cc2)c2n(c1/C(N)=N/O)CCC2. The molecule has 6 nitrogen and oxygen atoms in total. The zero-order valence-corrected chi connectivity index (χ0v) is 14.9. The van der Waals surface area contributed by atoms with Gasteiger partial charge < -0.3 is 25.4 Å². The van der Waals surface area contributed by atoms with Gasteiger partial charge in [-0.05, 0) is 50.0 Å². The lowest BCUT2D eigenvalue weighted by atomic mass is 9.84. The molecule has 26 heavy (non-hydrogen) atoms. The Morgan fingerprint density at radius 3 is 2.65 bits per heavy atom. The fourth-order valence-corrected chi connectivity index (χ4v) is 4.38. The maximum Gasteiger partial charge on any atom is 0.187 e. The van der Waals surface area contributed by atoms with Crippen LogP contribution in [0.3, 0.4) is 0 Å². The first-order chi connectivity index (χ1) is 12.5. The number of rotatable bonds is 3. The van der Waals surface area contributed by atoms with Crippen LogP contribution in [-0.2, 0) is 17.7 Å². The minimum Gasteiger partial charge on any atom is -0.508 e. The Labute approximate surface area is 152 Å². The lowest BCUT2D eigenvalue weighted by molar-refractivity contribution is 0.174. The van der Waals surface area contributed by atoms with Gasteiger partial charge in [-0.25, -0.2) is 0 Å². The van der Waals surface area contributed by atoms with Gasteiger partial charge in [0.25, 0.3) is 0 Å². The van der Waals surface area contributed by atoms with Crippen LogP contribution in [0.25, 0.3) is 11.1 Å². The summed E-state index contributed by atoms with van der Waals surface area (Å²) in [6.45, 7) is 4.93. The lowest BCUT2D eigenvalue weighted by Crippen LogP contribution is -2.23. The number of hydrogen-bond acceptors (Lipinski definition) is 4. The molecule has 2 unspecified atom stereocenters. The number of benzene rings is 1. The molecule has 0 saturated carbocycles. The van der Waals surface area contributed by atoms with Crippen LogP contribution < -0.4 is 5.73 Å². The van der Waals surface area contributed by atoms with E-state index in [1.807, 2.05) is 26.0 Å². The molecule has 0 radical (unpaired) electrons. The highest BCUT2D eigenvalue weighted by Gasteiger charge is 2.38. The van der Waals surface area contributed by atoms with Crippen LogP contribution in [0.2, 0.25) is 0 Å². The van der Waals surface area contributed by atoms with Crippen LogP contribution in [0.4, 0.5) is 0 Å². The molecule has 2 aromatic rings. The molecular weight excluding hydrogens is 330 g/mol. The van der Waals surface area contributed by atoms with E-state index in [1.165, 1.54) is 5.69 Å². The predicted molar refractivity (Wildman–Crippen MR) is 99.4 cm³/mol. The standard InChI is InChI=1S/C20H23N3O3/c1-11-10-26-12(2)16(11)18-17(13-5-7-14(24)8-6-13)15-4-3-9-23(15)19(18)20(21)22-25/h5-8,10,12,16,24-25H,3-4,9H2,1-2H3,(H2,21,22). The molecule has 2 aliphatic rings. The van der Waals surface area contributed by atoms with E-state index < -0.39 is 0 Å². The van der Waals surface area contributed by atoms with E-state index in [4.69, 9.17) is 10.5 Å². The number of hydrogen-bond donors (Lipinski definition) is 3. The molecule has 1 aromatic heterocycles. The van der Waals surface area contributed by atoms with Crippen molar-refractivity contribution in [1.82, 2.24) is 4.57 Å². The van der Waals surface area contributed by atoms with Gasteiger partial charge in [0.15, 0.2) is 5.84 Å². The van der Waals surface area contributed by atoms with E-state index in [9.17, 15) is 10.3 Å². The van der Waals surface area contributed by atoms with E-state index >= 15 is 0 Å². The highest BCUT2D eigenvalue weighted by atomic mass is 16.5. The molecule has 0 aliphatic carbocycles. The fraction of sp³-hybridized carbons (Fsp3) is 0.350. The van der Waals surface area contributed by atoms with Crippen molar-refractivity contribution in [2.75, 3.05) is 0 Å². The minimum atomic E-state index is -0.0285. The predicted octanol–water partition coefficient (Wildman–Crippen LogP) is 3.31. The summed E-state index contributed by atoms with van der Waals surface area (Å²) in [7, 11) is 0. The zero-order valence-electron chi connectivity index (χ0n) is 14.9. The third-order valence-electron chi connectivity index (χ3n) is 5.45. The summed E-state index contributed by atoms with van der Waals surface area (Å²) < 4.78 is 7.93. The van der Waals surface area contributed by atoms with Crippen molar-refractivity contribution in [1.29, 1.82) is 0 Å². The number of phenols is 1. The molecule has 6 heteroatoms. The summed E-state index contributed by atoms with van der Waals surface area (Å²) in [6, 6.07) is 7.23. The van der Waals surface area contributed by atoms with E-state index in [2.05, 4.69) is 9.72 Å². The third-order valence-corrected chi connectivity index (χ3v) is 5.45. The van der Waals surface area contributed by atoms with Crippen molar-refractivity contribution in [2.45, 2.75) is 45.3 Å². The number of amidine groups is 1. The van der Waals surface area contributed by atoms with Gasteiger partial charge >= 0.3 is 0 Å². The molecule has 0 spiro atoms. The molecule has 1 aromatic carbocycles. The van der Waals surface area contributed by atoms with Gasteiger partial charge in [-0.1, -0.05) is 17.3 Å². The number of ether oxygens (including phenoxy) is 1. The summed E-state index contributed by atoms with van der Waals surface area (Å²) in [6.07, 6.45) is 3.73. The number of nitrogens with zero attached hydrogens (tertiary/aromatic N) is 2. The maximum absolute atomic E-state index is 9.69. The van der Waals surface area contributed by atoms with Gasteiger partial charge in [0, 0.05) is 29.3 Å². The third kappa shape index (κ3) is 2.36. The summed E-state index contributed by atoms with van der Waals surface area (Å²) in [5.74, 6) is 0.392. The zero-order chi connectivity index (χ0) is 18.4. The molecule has 136 valence electrons. The molecule has 4 N–H and O–H groups in total. The first-order valence-corrected chi connectivity index (χ1v) is 8.87. The minimum absolute atomic E-state index is 0.0285. The van der Waals surface area contributed by atoms with Gasteiger partial charge in [0.1, 0.15) is 11.9 Å². The van der Waals surface area contributed by atoms with Crippen LogP contribution in [0.1, 0.15) is 43.1 Å². The number of nitrogens with two attached hydrogens (primary N) is 1. The van der Waals surface area contributed by atoms with E-state index in [0.717, 1.165) is 47.3 Å². The molecule has 0 amide bonds. The lowest BCUT2D eigenvalue weighted by Gasteiger charge is -2.20. The molecular formula is C20H23N3O3. The molecule has 2 atom stereocenters. The van der Waals surface area contributed by atoms with Crippen molar-refractivity contribution in [2.24, 2.45) is 10.9 Å². The van der Waals surface area contributed by atoms with Crippen molar-refractivity contribution < 1.29 is 15.1 Å². The smallest absolute Gasteiger partial charge is 0.187 e. The Hall–Kier alpha value is -2.89. The van der Waals surface area contributed by atoms with Crippen molar-refractivity contribution in [3.63, 3.8) is 0 Å². The Morgan fingerprint density at radius 1 is 1.31 bits per heavy atom. The maximum atomic E-state index is 9.69. The average molecular weight is 353 g/mol. The molecule has 3 heterocycles. The number of aromatic hydroxyl groups is 1. The van der Waals surface area contributed by atoms with E-state index in [1.54, 1.807) is 18.4 Å². The second kappa shape index (κ2) is 6.12. The first-order valence-electron chi connectivity index (χ1n) is 8.87. The number of fused-ring (bicyclic) bond motifs is 1. The van der Waals surface area contributed by atoms with Crippen LogP contribution in [0.15, 0.2) is 41.3 Å². The van der Waals surface area contributed by atoms with Crippen LogP contribution in [0.5, 0.6) is 5.75 Å². The highest BCUT2D eigenvalue weighted by Crippen LogP contribution is 2.46. The number of oxime groups is 1. The van der Waals surface area contributed by atoms with E-state index in [-0.39, 0.29) is 23.6 Å². The summed E-state index contributed by atoms with van der Waals surface area (Å²) >= 11 is 0. The van der Waals surface area contributed by atoms with Crippen molar-refractivity contribution in [3.05, 3.63) is 53.1 Å². The number of phenolic OH excluding ortho intramolecular Hbond substituents is 1. The van der Waals surface area contributed by atoms with Gasteiger partial charge in [0.2, 0.25) is 0 Å². The van der Waals surface area contributed by atoms with Gasteiger partial charge in [-0.15, -0.1) is 0 Å². The molecule has 2 aliphatic heterocycles.